The zero-order valence-electron chi connectivity index (χ0n) is 10.3. The average Bonchev–Trinajstić information content (AvgIpc) is 2.63. The molecule has 2 unspecified atom stereocenters. The van der Waals surface area contributed by atoms with Crippen LogP contribution in [0.3, 0.4) is 0 Å². The fourth-order valence-corrected chi connectivity index (χ4v) is 2.24. The van der Waals surface area contributed by atoms with E-state index < -0.39 is 0 Å². The molecule has 1 fully saturated rings. The molecule has 16 heavy (non-hydrogen) atoms. The van der Waals surface area contributed by atoms with E-state index in [1.807, 2.05) is 0 Å². The van der Waals surface area contributed by atoms with E-state index in [2.05, 4.69) is 34.6 Å². The van der Waals surface area contributed by atoms with E-state index in [1.165, 1.54) is 4.80 Å². The molecule has 2 rings (SSSR count). The van der Waals surface area contributed by atoms with Gasteiger partial charge in [-0.2, -0.15) is 4.80 Å². The lowest BCUT2D eigenvalue weighted by Crippen LogP contribution is -2.60. The van der Waals surface area contributed by atoms with Gasteiger partial charge in [0.05, 0.1) is 19.7 Å². The largest absolute Gasteiger partial charge is 0.381 e. The van der Waals surface area contributed by atoms with E-state index in [9.17, 15) is 0 Å². The van der Waals surface area contributed by atoms with E-state index in [4.69, 9.17) is 4.74 Å². The number of methoxy groups -OCH3 is 1. The van der Waals surface area contributed by atoms with Crippen molar-refractivity contribution in [1.82, 2.24) is 25.5 Å². The molecule has 6 nitrogen and oxygen atoms in total. The lowest BCUT2D eigenvalue weighted by atomic mass is 9.64. The minimum Gasteiger partial charge on any atom is -0.381 e. The summed E-state index contributed by atoms with van der Waals surface area (Å²) in [6.07, 6.45) is 1.39. The molecule has 0 bridgehead atoms. The van der Waals surface area contributed by atoms with Crippen molar-refractivity contribution in [3.05, 3.63) is 5.82 Å². The number of nitrogens with zero attached hydrogens (tertiary/aromatic N) is 4. The predicted molar refractivity (Wildman–Crippen MR) is 58.6 cm³/mol. The van der Waals surface area contributed by atoms with Gasteiger partial charge in [0, 0.05) is 18.6 Å². The highest BCUT2D eigenvalue weighted by atomic mass is 16.5. The van der Waals surface area contributed by atoms with Crippen LogP contribution in [0.25, 0.3) is 0 Å². The van der Waals surface area contributed by atoms with Crippen molar-refractivity contribution >= 4 is 0 Å². The smallest absolute Gasteiger partial charge is 0.188 e. The van der Waals surface area contributed by atoms with Crippen LogP contribution >= 0.6 is 0 Å². The Kier molecular flexibility index (Phi) is 2.94. The van der Waals surface area contributed by atoms with E-state index >= 15 is 0 Å². The van der Waals surface area contributed by atoms with Gasteiger partial charge in [-0.3, -0.25) is 0 Å². The van der Waals surface area contributed by atoms with Crippen LogP contribution in [0.4, 0.5) is 0 Å². The topological polar surface area (TPSA) is 64.9 Å². The number of rotatable bonds is 4. The van der Waals surface area contributed by atoms with Gasteiger partial charge in [-0.15, -0.1) is 10.2 Å². The zero-order chi connectivity index (χ0) is 11.8. The summed E-state index contributed by atoms with van der Waals surface area (Å²) < 4.78 is 5.40. The summed E-state index contributed by atoms with van der Waals surface area (Å²) in [5.74, 6) is 0.735. The van der Waals surface area contributed by atoms with Crippen molar-refractivity contribution < 1.29 is 4.74 Å². The molecule has 0 radical (unpaired) electrons. The number of aryl methyl sites for hydroxylation is 1. The van der Waals surface area contributed by atoms with E-state index in [0.29, 0.717) is 18.7 Å². The van der Waals surface area contributed by atoms with Crippen LogP contribution in [0.1, 0.15) is 26.1 Å². The van der Waals surface area contributed by atoms with Gasteiger partial charge >= 0.3 is 0 Å². The Balaban J connectivity index is 1.84. The summed E-state index contributed by atoms with van der Waals surface area (Å²) in [6.45, 7) is 5.09. The third kappa shape index (κ3) is 1.94. The molecule has 1 aliphatic carbocycles. The molecule has 2 atom stereocenters. The molecule has 1 heterocycles. The van der Waals surface area contributed by atoms with Gasteiger partial charge in [0.1, 0.15) is 0 Å². The third-order valence-corrected chi connectivity index (χ3v) is 3.52. The standard InChI is InChI=1S/C10H19N5O/c1-10(2)7(5-8(10)16-4)11-6-9-12-14-15(3)13-9/h7-8,11H,5-6H2,1-4H3. The number of hydrogen-bond acceptors (Lipinski definition) is 5. The third-order valence-electron chi connectivity index (χ3n) is 3.52. The van der Waals surface area contributed by atoms with Crippen LogP contribution < -0.4 is 5.32 Å². The van der Waals surface area contributed by atoms with Gasteiger partial charge in [0.2, 0.25) is 0 Å². The lowest BCUT2D eigenvalue weighted by Gasteiger charge is -2.51. The molecule has 6 heteroatoms. The highest BCUT2D eigenvalue weighted by Gasteiger charge is 2.48. The van der Waals surface area contributed by atoms with Gasteiger partial charge in [-0.1, -0.05) is 13.8 Å². The van der Waals surface area contributed by atoms with Crippen LogP contribution in [-0.2, 0) is 18.3 Å². The molecule has 0 spiro atoms. The number of aromatic nitrogens is 4. The van der Waals surface area contributed by atoms with Crippen LogP contribution in [-0.4, -0.2) is 39.5 Å². The first-order valence-electron chi connectivity index (χ1n) is 5.53. The molecule has 1 saturated carbocycles. The highest BCUT2D eigenvalue weighted by Crippen LogP contribution is 2.42. The van der Waals surface area contributed by atoms with Crippen molar-refractivity contribution in [3.63, 3.8) is 0 Å². The van der Waals surface area contributed by atoms with Crippen LogP contribution in [0.2, 0.25) is 0 Å². The second-order valence-electron chi connectivity index (χ2n) is 4.91. The Hall–Kier alpha value is -1.01. The Labute approximate surface area is 95.4 Å². The summed E-state index contributed by atoms with van der Waals surface area (Å²) in [7, 11) is 3.54. The SMILES string of the molecule is COC1CC(NCc2nnn(C)n2)C1(C)C. The van der Waals surface area contributed by atoms with Crippen molar-refractivity contribution in [2.75, 3.05) is 7.11 Å². The van der Waals surface area contributed by atoms with Crippen molar-refractivity contribution in [3.8, 4) is 0 Å². The number of ether oxygens (including phenoxy) is 1. The summed E-state index contributed by atoms with van der Waals surface area (Å²) in [4.78, 5) is 1.47. The van der Waals surface area contributed by atoms with Crippen LogP contribution in [0.5, 0.6) is 0 Å². The highest BCUT2D eigenvalue weighted by molar-refractivity contribution is 5.02. The molecule has 0 aliphatic heterocycles. The average molecular weight is 225 g/mol. The quantitative estimate of drug-likeness (QED) is 0.788. The summed E-state index contributed by atoms with van der Waals surface area (Å²) in [5.41, 5.74) is 0.178. The molecule has 1 N–H and O–H groups in total. The maximum atomic E-state index is 5.40. The molecule has 1 aromatic heterocycles. The summed E-state index contributed by atoms with van der Waals surface area (Å²) in [5, 5.41) is 15.3. The predicted octanol–water partition coefficient (Wildman–Crippen LogP) is 0.113. The van der Waals surface area contributed by atoms with Gasteiger partial charge in [0.15, 0.2) is 5.82 Å². The van der Waals surface area contributed by atoms with E-state index in [0.717, 1.165) is 12.2 Å². The summed E-state index contributed by atoms with van der Waals surface area (Å²) >= 11 is 0. The second-order valence-corrected chi connectivity index (χ2v) is 4.91. The first kappa shape index (κ1) is 11.5. The minimum atomic E-state index is 0.178. The molecule has 0 saturated heterocycles. The molecule has 0 aromatic carbocycles. The zero-order valence-corrected chi connectivity index (χ0v) is 10.3. The molecule has 1 aromatic rings. The van der Waals surface area contributed by atoms with E-state index in [-0.39, 0.29) is 5.41 Å². The monoisotopic (exact) mass is 225 g/mol. The summed E-state index contributed by atoms with van der Waals surface area (Å²) in [6, 6.07) is 0.459. The first-order chi connectivity index (χ1) is 7.54. The minimum absolute atomic E-state index is 0.178. The molecular weight excluding hydrogens is 206 g/mol. The van der Waals surface area contributed by atoms with Crippen LogP contribution in [0, 0.1) is 5.41 Å². The number of nitrogens with one attached hydrogen (secondary N) is 1. The normalized spacial score (nSPS) is 27.8. The van der Waals surface area contributed by atoms with Gasteiger partial charge in [-0.05, 0) is 11.6 Å². The number of hydrogen-bond donors (Lipinski definition) is 1. The van der Waals surface area contributed by atoms with Gasteiger partial charge in [-0.25, -0.2) is 0 Å². The lowest BCUT2D eigenvalue weighted by molar-refractivity contribution is -0.0980. The van der Waals surface area contributed by atoms with Crippen molar-refractivity contribution in [2.24, 2.45) is 12.5 Å². The van der Waals surface area contributed by atoms with Gasteiger partial charge in [0.25, 0.3) is 0 Å². The molecular formula is C10H19N5O. The second kappa shape index (κ2) is 4.10. The van der Waals surface area contributed by atoms with Crippen molar-refractivity contribution in [1.29, 1.82) is 0 Å². The van der Waals surface area contributed by atoms with Crippen molar-refractivity contribution in [2.45, 2.75) is 39.0 Å². The maximum absolute atomic E-state index is 5.40. The fourth-order valence-electron chi connectivity index (χ4n) is 2.24. The van der Waals surface area contributed by atoms with Crippen LogP contribution in [0.15, 0.2) is 0 Å². The first-order valence-corrected chi connectivity index (χ1v) is 5.53. The fraction of sp³-hybridized carbons (Fsp3) is 0.900. The number of tetrazole rings is 1. The molecule has 1 aliphatic rings. The van der Waals surface area contributed by atoms with Gasteiger partial charge < -0.3 is 10.1 Å². The Morgan fingerprint density at radius 2 is 2.31 bits per heavy atom. The maximum Gasteiger partial charge on any atom is 0.188 e. The Morgan fingerprint density at radius 3 is 2.81 bits per heavy atom. The molecule has 0 amide bonds. The Bertz CT molecular complexity index is 362. The molecule has 90 valence electrons. The van der Waals surface area contributed by atoms with E-state index in [1.54, 1.807) is 14.2 Å². The Morgan fingerprint density at radius 1 is 1.56 bits per heavy atom.